The maximum Gasteiger partial charge on any atom is 0.259 e. The lowest BCUT2D eigenvalue weighted by atomic mass is 10.00. The van der Waals surface area contributed by atoms with E-state index in [1.54, 1.807) is 14.1 Å². The monoisotopic (exact) mass is 534 g/mol. The Labute approximate surface area is 202 Å². The quantitative estimate of drug-likeness (QED) is 0.350. The van der Waals surface area contributed by atoms with Gasteiger partial charge in [-0.05, 0) is 35.3 Å². The minimum absolute atomic E-state index is 0. The highest BCUT2D eigenvalue weighted by Crippen LogP contribution is 2.22. The van der Waals surface area contributed by atoms with Crippen LogP contribution in [0.5, 0.6) is 5.75 Å². The van der Waals surface area contributed by atoms with Gasteiger partial charge in [-0.3, -0.25) is 9.79 Å². The van der Waals surface area contributed by atoms with Gasteiger partial charge in [-0.25, -0.2) is 0 Å². The van der Waals surface area contributed by atoms with E-state index in [0.717, 1.165) is 31.0 Å². The number of rotatable bonds is 6. The summed E-state index contributed by atoms with van der Waals surface area (Å²) in [5, 5.41) is 3.44. The van der Waals surface area contributed by atoms with E-state index < -0.39 is 0 Å². The van der Waals surface area contributed by atoms with Crippen molar-refractivity contribution in [3.8, 4) is 5.75 Å². The molecule has 0 aliphatic carbocycles. The highest BCUT2D eigenvalue weighted by Gasteiger charge is 2.16. The average molecular weight is 534 g/mol. The Morgan fingerprint density at radius 1 is 1.16 bits per heavy atom. The van der Waals surface area contributed by atoms with E-state index in [1.165, 1.54) is 16.0 Å². The summed E-state index contributed by atoms with van der Waals surface area (Å²) in [6.45, 7) is 2.43. The highest BCUT2D eigenvalue weighted by molar-refractivity contribution is 14.0. The predicted molar refractivity (Wildman–Crippen MR) is 137 cm³/mol. The number of benzene rings is 2. The Morgan fingerprint density at radius 3 is 2.58 bits per heavy atom. The van der Waals surface area contributed by atoms with Gasteiger partial charge in [-0.15, -0.1) is 24.0 Å². The lowest BCUT2D eigenvalue weighted by Crippen LogP contribution is -2.43. The molecule has 2 aromatic carbocycles. The van der Waals surface area contributed by atoms with E-state index in [-0.39, 0.29) is 36.5 Å². The van der Waals surface area contributed by atoms with Crippen molar-refractivity contribution in [1.29, 1.82) is 0 Å². The second-order valence-electron chi connectivity index (χ2n) is 7.42. The lowest BCUT2D eigenvalue weighted by Gasteiger charge is -2.30. The highest BCUT2D eigenvalue weighted by atomic mass is 127. The number of halogens is 1. The normalized spacial score (nSPS) is 13.7. The van der Waals surface area contributed by atoms with Crippen LogP contribution in [0.2, 0.25) is 0 Å². The van der Waals surface area contributed by atoms with Crippen molar-refractivity contribution in [2.24, 2.45) is 4.99 Å². The van der Waals surface area contributed by atoms with E-state index in [9.17, 15) is 4.79 Å². The molecule has 0 unspecified atom stereocenters. The molecule has 1 aliphatic rings. The number of hydrogen-bond donors (Lipinski definition) is 1. The van der Waals surface area contributed by atoms with Crippen LogP contribution in [0.3, 0.4) is 0 Å². The van der Waals surface area contributed by atoms with Crippen molar-refractivity contribution in [3.63, 3.8) is 0 Å². The molecule has 0 saturated carbocycles. The molecule has 1 aliphatic heterocycles. The van der Waals surface area contributed by atoms with Crippen LogP contribution < -0.4 is 10.1 Å². The number of likely N-dealkylation sites (N-methyl/N-ethyl adjacent to an activating group) is 1. The van der Waals surface area contributed by atoms with Crippen LogP contribution in [0.15, 0.2) is 65.7 Å². The number of carbonyl (C=O) groups is 1. The van der Waals surface area contributed by atoms with Crippen molar-refractivity contribution < 1.29 is 9.53 Å². The van der Waals surface area contributed by atoms with Gasteiger partial charge in [0.15, 0.2) is 12.6 Å². The van der Waals surface area contributed by atoms with Gasteiger partial charge in [0.25, 0.3) is 5.91 Å². The second-order valence-corrected chi connectivity index (χ2v) is 7.42. The van der Waals surface area contributed by atoms with Crippen LogP contribution >= 0.6 is 24.0 Å². The van der Waals surface area contributed by atoms with E-state index in [1.807, 2.05) is 37.4 Å². The summed E-state index contributed by atoms with van der Waals surface area (Å²) in [6, 6.07) is 18.3. The number of hydrogen-bond acceptors (Lipinski definition) is 3. The van der Waals surface area contributed by atoms with Gasteiger partial charge < -0.3 is 19.9 Å². The minimum atomic E-state index is -0.0630. The van der Waals surface area contributed by atoms with Crippen LogP contribution in [-0.2, 0) is 11.3 Å². The molecule has 1 amide bonds. The first-order valence-corrected chi connectivity index (χ1v) is 10.2. The summed E-state index contributed by atoms with van der Waals surface area (Å²) in [4.78, 5) is 19.9. The molecule has 0 saturated heterocycles. The van der Waals surface area contributed by atoms with Gasteiger partial charge in [0, 0.05) is 40.8 Å². The third-order valence-corrected chi connectivity index (χ3v) is 5.08. The third kappa shape index (κ3) is 7.27. The van der Waals surface area contributed by atoms with Crippen molar-refractivity contribution in [2.75, 3.05) is 40.8 Å². The summed E-state index contributed by atoms with van der Waals surface area (Å²) in [5.41, 5.74) is 3.76. The van der Waals surface area contributed by atoms with E-state index in [0.29, 0.717) is 12.3 Å². The lowest BCUT2D eigenvalue weighted by molar-refractivity contribution is -0.130. The Balaban J connectivity index is 0.00000341. The number of guanidine groups is 1. The van der Waals surface area contributed by atoms with Crippen molar-refractivity contribution in [2.45, 2.75) is 13.0 Å². The van der Waals surface area contributed by atoms with Crippen molar-refractivity contribution >= 4 is 41.4 Å². The molecule has 7 heteroatoms. The maximum atomic E-state index is 11.7. The van der Waals surface area contributed by atoms with E-state index in [4.69, 9.17) is 4.74 Å². The first kappa shape index (κ1) is 24.7. The standard InChI is InChI=1S/C24H30N4O2.HI/c1-25-24(28-14-12-21(13-15-28)20-9-5-4-6-10-20)26-17-19-8-7-11-22(16-19)30-18-23(29)27(2)3;/h4-12,16H,13-15,17-18H2,1-3H3,(H,25,26);1H. The third-order valence-electron chi connectivity index (χ3n) is 5.08. The van der Waals surface area contributed by atoms with Crippen molar-refractivity contribution in [1.82, 2.24) is 15.1 Å². The zero-order valence-corrected chi connectivity index (χ0v) is 20.7. The number of carbonyl (C=O) groups excluding carboxylic acids is 1. The molecule has 31 heavy (non-hydrogen) atoms. The van der Waals surface area contributed by atoms with Crippen LogP contribution in [0.4, 0.5) is 0 Å². The molecule has 0 spiro atoms. The summed E-state index contributed by atoms with van der Waals surface area (Å²) in [7, 11) is 5.25. The first-order valence-electron chi connectivity index (χ1n) is 10.2. The van der Waals surface area contributed by atoms with Gasteiger partial charge in [-0.1, -0.05) is 48.5 Å². The zero-order valence-electron chi connectivity index (χ0n) is 18.4. The number of nitrogens with zero attached hydrogens (tertiary/aromatic N) is 3. The van der Waals surface area contributed by atoms with Gasteiger partial charge in [0.2, 0.25) is 0 Å². The Kier molecular flexibility index (Phi) is 9.84. The number of amides is 1. The number of ether oxygens (including phenoxy) is 1. The Bertz CT molecular complexity index is 913. The predicted octanol–water partition coefficient (Wildman–Crippen LogP) is 3.64. The van der Waals surface area contributed by atoms with Gasteiger partial charge in [0.1, 0.15) is 5.75 Å². The first-order chi connectivity index (χ1) is 14.6. The molecule has 1 heterocycles. The molecule has 0 bridgehead atoms. The van der Waals surface area contributed by atoms with E-state index >= 15 is 0 Å². The summed E-state index contributed by atoms with van der Waals surface area (Å²) in [6.07, 6.45) is 3.27. The molecule has 0 aromatic heterocycles. The summed E-state index contributed by atoms with van der Waals surface area (Å²) >= 11 is 0. The Hall–Kier alpha value is -2.55. The molecule has 1 N–H and O–H groups in total. The fourth-order valence-electron chi connectivity index (χ4n) is 3.31. The fourth-order valence-corrected chi connectivity index (χ4v) is 3.31. The smallest absolute Gasteiger partial charge is 0.259 e. The summed E-state index contributed by atoms with van der Waals surface area (Å²) in [5.74, 6) is 1.51. The maximum absolute atomic E-state index is 11.7. The second kappa shape index (κ2) is 12.3. The molecule has 2 aromatic rings. The molecule has 0 fully saturated rings. The largest absolute Gasteiger partial charge is 0.484 e. The van der Waals surface area contributed by atoms with Gasteiger partial charge in [0.05, 0.1) is 0 Å². The van der Waals surface area contributed by atoms with Gasteiger partial charge >= 0.3 is 0 Å². The molecule has 0 radical (unpaired) electrons. The molecule has 166 valence electrons. The molecule has 0 atom stereocenters. The van der Waals surface area contributed by atoms with Crippen LogP contribution in [0, 0.1) is 0 Å². The molecular formula is C24H31IN4O2. The minimum Gasteiger partial charge on any atom is -0.484 e. The fraction of sp³-hybridized carbons (Fsp3) is 0.333. The zero-order chi connectivity index (χ0) is 21.3. The van der Waals surface area contributed by atoms with Crippen molar-refractivity contribution in [3.05, 3.63) is 71.8 Å². The van der Waals surface area contributed by atoms with Crippen LogP contribution in [0.1, 0.15) is 17.5 Å². The number of aliphatic imine (C=N–C) groups is 1. The SMILES string of the molecule is CN=C(NCc1cccc(OCC(=O)N(C)C)c1)N1CC=C(c2ccccc2)CC1.I. The topological polar surface area (TPSA) is 57.2 Å². The Morgan fingerprint density at radius 2 is 1.94 bits per heavy atom. The van der Waals surface area contributed by atoms with Crippen LogP contribution in [-0.4, -0.2) is 62.5 Å². The van der Waals surface area contributed by atoms with E-state index in [2.05, 4.69) is 45.6 Å². The average Bonchev–Trinajstić information content (AvgIpc) is 2.79. The molecule has 3 rings (SSSR count). The molecular weight excluding hydrogens is 503 g/mol. The molecule has 6 nitrogen and oxygen atoms in total. The number of nitrogens with one attached hydrogen (secondary N) is 1. The summed E-state index contributed by atoms with van der Waals surface area (Å²) < 4.78 is 5.61. The van der Waals surface area contributed by atoms with Gasteiger partial charge in [-0.2, -0.15) is 0 Å². The van der Waals surface area contributed by atoms with Crippen LogP contribution in [0.25, 0.3) is 5.57 Å².